The zero-order valence-electron chi connectivity index (χ0n) is 15.8. The number of hydrogen-bond acceptors (Lipinski definition) is 3. The number of benzene rings is 2. The van der Waals surface area contributed by atoms with Gasteiger partial charge in [-0.15, -0.1) is 0 Å². The normalized spacial score (nSPS) is 26.9. The summed E-state index contributed by atoms with van der Waals surface area (Å²) in [6.45, 7) is 1.82. The number of fused-ring (bicyclic) bond motifs is 5. The van der Waals surface area contributed by atoms with Gasteiger partial charge in [0, 0.05) is 10.7 Å². The third-order valence-corrected chi connectivity index (χ3v) is 6.79. The van der Waals surface area contributed by atoms with Gasteiger partial charge in [0.25, 0.3) is 5.91 Å². The van der Waals surface area contributed by atoms with Crippen LogP contribution < -0.4 is 10.2 Å². The van der Waals surface area contributed by atoms with Crippen LogP contribution in [0, 0.1) is 30.6 Å². The molecule has 3 amide bonds. The van der Waals surface area contributed by atoms with E-state index in [9.17, 15) is 14.4 Å². The van der Waals surface area contributed by atoms with Gasteiger partial charge in [0.05, 0.1) is 23.1 Å². The Labute approximate surface area is 173 Å². The van der Waals surface area contributed by atoms with Crippen molar-refractivity contribution in [1.29, 1.82) is 0 Å². The lowest BCUT2D eigenvalue weighted by Crippen LogP contribution is -2.34. The highest BCUT2D eigenvalue weighted by Gasteiger charge is 2.59. The maximum Gasteiger partial charge on any atom is 0.257 e. The number of para-hydroxylation sites is 1. The quantitative estimate of drug-likeness (QED) is 0.613. The van der Waals surface area contributed by atoms with Crippen molar-refractivity contribution < 1.29 is 14.4 Å². The molecule has 1 N–H and O–H groups in total. The first kappa shape index (κ1) is 18.1. The molecule has 1 aliphatic heterocycles. The van der Waals surface area contributed by atoms with Crippen molar-refractivity contribution in [3.05, 3.63) is 70.8 Å². The van der Waals surface area contributed by atoms with Crippen LogP contribution in [0.1, 0.15) is 22.3 Å². The average molecular weight is 407 g/mol. The fourth-order valence-electron chi connectivity index (χ4n) is 4.93. The van der Waals surface area contributed by atoms with Crippen LogP contribution in [0.4, 0.5) is 11.4 Å². The summed E-state index contributed by atoms with van der Waals surface area (Å²) < 4.78 is 0. The van der Waals surface area contributed by atoms with E-state index >= 15 is 0 Å². The highest BCUT2D eigenvalue weighted by Crippen LogP contribution is 2.53. The molecule has 2 aromatic rings. The molecule has 146 valence electrons. The fraction of sp³-hybridized carbons (Fsp3) is 0.261. The number of halogens is 1. The van der Waals surface area contributed by atoms with Crippen LogP contribution in [-0.2, 0) is 9.59 Å². The Bertz CT molecular complexity index is 1060. The predicted octanol–water partition coefficient (Wildman–Crippen LogP) is 4.21. The second-order valence-corrected chi connectivity index (χ2v) is 8.30. The van der Waals surface area contributed by atoms with Gasteiger partial charge in [-0.2, -0.15) is 0 Å². The Hall–Kier alpha value is -2.92. The summed E-state index contributed by atoms with van der Waals surface area (Å²) in [6.07, 6.45) is 4.99. The van der Waals surface area contributed by atoms with Crippen molar-refractivity contribution in [1.82, 2.24) is 0 Å². The highest BCUT2D eigenvalue weighted by molar-refractivity contribution is 6.32. The van der Waals surface area contributed by atoms with Crippen molar-refractivity contribution in [3.63, 3.8) is 0 Å². The number of rotatable bonds is 3. The zero-order chi connectivity index (χ0) is 20.3. The molecule has 2 bridgehead atoms. The summed E-state index contributed by atoms with van der Waals surface area (Å²) in [5.74, 6) is -1.13. The molecule has 0 aromatic heterocycles. The van der Waals surface area contributed by atoms with Crippen LogP contribution in [0.5, 0.6) is 0 Å². The summed E-state index contributed by atoms with van der Waals surface area (Å²) in [4.78, 5) is 40.5. The number of anilines is 2. The minimum Gasteiger partial charge on any atom is -0.322 e. The SMILES string of the molecule is Cc1c(Cl)cccc1NC(=O)c1ccccc1N1C(=O)[C@@H]2[C@@H](C1=O)[C@H]1C=C[C@H]2C1. The van der Waals surface area contributed by atoms with Crippen LogP contribution in [0.25, 0.3) is 0 Å². The maximum absolute atomic E-state index is 13.1. The van der Waals surface area contributed by atoms with E-state index < -0.39 is 0 Å². The van der Waals surface area contributed by atoms with Crippen LogP contribution in [0.15, 0.2) is 54.6 Å². The lowest BCUT2D eigenvalue weighted by Gasteiger charge is -2.20. The largest absolute Gasteiger partial charge is 0.322 e. The van der Waals surface area contributed by atoms with Crippen LogP contribution in [0.3, 0.4) is 0 Å². The number of carbonyl (C=O) groups excluding carboxylic acids is 3. The van der Waals surface area contributed by atoms with E-state index in [0.717, 1.165) is 12.0 Å². The van der Waals surface area contributed by atoms with Crippen LogP contribution in [0.2, 0.25) is 5.02 Å². The van der Waals surface area contributed by atoms with Gasteiger partial charge >= 0.3 is 0 Å². The Morgan fingerprint density at radius 3 is 2.34 bits per heavy atom. The summed E-state index contributed by atoms with van der Waals surface area (Å²) in [5, 5.41) is 3.41. The van der Waals surface area contributed by atoms with E-state index in [1.165, 1.54) is 4.90 Å². The number of allylic oxidation sites excluding steroid dienone is 2. The second-order valence-electron chi connectivity index (χ2n) is 7.90. The number of imide groups is 1. The van der Waals surface area contributed by atoms with Crippen LogP contribution >= 0.6 is 11.6 Å². The number of hydrogen-bond donors (Lipinski definition) is 1. The van der Waals surface area contributed by atoms with Crippen molar-refractivity contribution in [2.45, 2.75) is 13.3 Å². The number of nitrogens with zero attached hydrogens (tertiary/aromatic N) is 1. The molecule has 1 saturated carbocycles. The molecule has 0 unspecified atom stereocenters. The third kappa shape index (κ3) is 2.64. The van der Waals surface area contributed by atoms with Gasteiger partial charge < -0.3 is 5.32 Å². The van der Waals surface area contributed by atoms with Gasteiger partial charge in [0.2, 0.25) is 11.8 Å². The van der Waals surface area contributed by atoms with E-state index in [4.69, 9.17) is 11.6 Å². The van der Waals surface area contributed by atoms with Gasteiger partial charge in [-0.05, 0) is 55.0 Å². The molecule has 29 heavy (non-hydrogen) atoms. The molecule has 1 saturated heterocycles. The average Bonchev–Trinajstić information content (AvgIpc) is 3.39. The van der Waals surface area contributed by atoms with Gasteiger partial charge in [-0.1, -0.05) is 42.0 Å². The van der Waals surface area contributed by atoms with E-state index in [1.807, 2.05) is 6.92 Å². The molecule has 2 aliphatic carbocycles. The molecule has 5 nitrogen and oxygen atoms in total. The first-order valence-corrected chi connectivity index (χ1v) is 10.1. The van der Waals surface area contributed by atoms with Crippen molar-refractivity contribution in [3.8, 4) is 0 Å². The number of carbonyl (C=O) groups is 3. The Balaban J connectivity index is 1.49. The fourth-order valence-corrected chi connectivity index (χ4v) is 5.11. The lowest BCUT2D eigenvalue weighted by atomic mass is 9.85. The zero-order valence-corrected chi connectivity index (χ0v) is 16.5. The highest BCUT2D eigenvalue weighted by atomic mass is 35.5. The molecule has 1 heterocycles. The molecule has 0 radical (unpaired) electrons. The molecule has 2 aromatic carbocycles. The summed E-state index contributed by atoms with van der Waals surface area (Å²) >= 11 is 6.15. The minimum absolute atomic E-state index is 0.126. The minimum atomic E-state index is -0.385. The molecule has 0 spiro atoms. The summed E-state index contributed by atoms with van der Waals surface area (Å²) in [7, 11) is 0. The Kier molecular flexibility index (Phi) is 4.10. The van der Waals surface area contributed by atoms with Gasteiger partial charge in [-0.3, -0.25) is 14.4 Å². The molecule has 3 aliphatic rings. The second kappa shape index (κ2) is 6.56. The van der Waals surface area contributed by atoms with Crippen LogP contribution in [-0.4, -0.2) is 17.7 Å². The summed E-state index contributed by atoms with van der Waals surface area (Å²) in [6, 6.07) is 12.0. The predicted molar refractivity (Wildman–Crippen MR) is 111 cm³/mol. The Morgan fingerprint density at radius 2 is 1.66 bits per heavy atom. The van der Waals surface area contributed by atoms with Crippen molar-refractivity contribution in [2.75, 3.05) is 10.2 Å². The van der Waals surface area contributed by atoms with E-state index in [2.05, 4.69) is 17.5 Å². The first-order chi connectivity index (χ1) is 14.0. The van der Waals surface area contributed by atoms with E-state index in [1.54, 1.807) is 42.5 Å². The van der Waals surface area contributed by atoms with Gasteiger partial charge in [0.1, 0.15) is 0 Å². The van der Waals surface area contributed by atoms with E-state index in [-0.39, 0.29) is 47.0 Å². The molecule has 6 heteroatoms. The first-order valence-electron chi connectivity index (χ1n) is 9.69. The third-order valence-electron chi connectivity index (χ3n) is 6.38. The molecule has 4 atom stereocenters. The number of nitrogens with one attached hydrogen (secondary N) is 1. The maximum atomic E-state index is 13.1. The Morgan fingerprint density at radius 1 is 1.00 bits per heavy atom. The topological polar surface area (TPSA) is 66.5 Å². The van der Waals surface area contributed by atoms with E-state index in [0.29, 0.717) is 16.4 Å². The van der Waals surface area contributed by atoms with Gasteiger partial charge in [0.15, 0.2) is 0 Å². The van der Waals surface area contributed by atoms with Crippen molar-refractivity contribution >= 4 is 40.7 Å². The smallest absolute Gasteiger partial charge is 0.257 e. The molecular formula is C23H19ClN2O3. The number of amides is 3. The monoisotopic (exact) mass is 406 g/mol. The van der Waals surface area contributed by atoms with Gasteiger partial charge in [-0.25, -0.2) is 4.90 Å². The molecule has 2 fully saturated rings. The molecule has 5 rings (SSSR count). The standard InChI is InChI=1S/C23H19ClN2O3/c1-12-16(24)6-4-7-17(12)25-21(27)15-5-2-3-8-18(15)26-22(28)19-13-9-10-14(11-13)20(19)23(26)29/h2-10,13-14,19-20H,11H2,1H3,(H,25,27)/t13-,14-,19-,20-/m0/s1. The van der Waals surface area contributed by atoms with Crippen molar-refractivity contribution in [2.24, 2.45) is 23.7 Å². The lowest BCUT2D eigenvalue weighted by molar-refractivity contribution is -0.123. The summed E-state index contributed by atoms with van der Waals surface area (Å²) in [5.41, 5.74) is 1.98. The molecular weight excluding hydrogens is 388 g/mol.